The van der Waals surface area contributed by atoms with Crippen molar-refractivity contribution in [3.05, 3.63) is 34.9 Å². The van der Waals surface area contributed by atoms with Crippen LogP contribution in [0.15, 0.2) is 24.3 Å². The van der Waals surface area contributed by atoms with E-state index >= 15 is 0 Å². The Morgan fingerprint density at radius 2 is 2.07 bits per heavy atom. The highest BCUT2D eigenvalue weighted by molar-refractivity contribution is 7.99. The van der Waals surface area contributed by atoms with E-state index in [-0.39, 0.29) is 6.61 Å². The standard InChI is InChI=1S/C11H15ClO2S/c12-11-4-2-1-3-9(11)5-6-15-8-10(14)7-13/h1-4,10,13-14H,5-8H2/t10-/m1/s1. The van der Waals surface area contributed by atoms with Gasteiger partial charge in [-0.2, -0.15) is 11.8 Å². The van der Waals surface area contributed by atoms with Crippen molar-refractivity contribution in [3.63, 3.8) is 0 Å². The Morgan fingerprint density at radius 1 is 1.33 bits per heavy atom. The monoisotopic (exact) mass is 246 g/mol. The van der Waals surface area contributed by atoms with Crippen molar-refractivity contribution in [2.45, 2.75) is 12.5 Å². The third kappa shape index (κ3) is 4.89. The summed E-state index contributed by atoms with van der Waals surface area (Å²) in [4.78, 5) is 0. The second-order valence-electron chi connectivity index (χ2n) is 3.25. The normalized spacial score (nSPS) is 12.7. The van der Waals surface area contributed by atoms with Crippen molar-refractivity contribution in [2.75, 3.05) is 18.1 Å². The summed E-state index contributed by atoms with van der Waals surface area (Å²) in [7, 11) is 0. The molecule has 2 nitrogen and oxygen atoms in total. The fraction of sp³-hybridized carbons (Fsp3) is 0.455. The molecule has 0 aliphatic heterocycles. The van der Waals surface area contributed by atoms with Crippen molar-refractivity contribution in [3.8, 4) is 0 Å². The Labute approximate surface area is 99.3 Å². The van der Waals surface area contributed by atoms with Crippen LogP contribution in [0.25, 0.3) is 0 Å². The van der Waals surface area contributed by atoms with Crippen LogP contribution in [0, 0.1) is 0 Å². The Hall–Kier alpha value is -0.220. The minimum absolute atomic E-state index is 0.168. The first-order valence-corrected chi connectivity index (χ1v) is 6.37. The van der Waals surface area contributed by atoms with Gasteiger partial charge in [0, 0.05) is 10.8 Å². The predicted octanol–water partition coefficient (Wildman–Crippen LogP) is 1.97. The van der Waals surface area contributed by atoms with Gasteiger partial charge in [-0.25, -0.2) is 0 Å². The molecule has 1 aromatic rings. The second-order valence-corrected chi connectivity index (χ2v) is 4.81. The number of thioether (sulfide) groups is 1. The minimum atomic E-state index is -0.610. The molecule has 0 saturated carbocycles. The Bertz CT molecular complexity index is 294. The summed E-state index contributed by atoms with van der Waals surface area (Å²) in [5, 5.41) is 18.5. The molecule has 4 heteroatoms. The number of aliphatic hydroxyl groups excluding tert-OH is 2. The zero-order chi connectivity index (χ0) is 11.1. The van der Waals surface area contributed by atoms with Crippen LogP contribution in [-0.2, 0) is 6.42 Å². The number of rotatable bonds is 6. The lowest BCUT2D eigenvalue weighted by Gasteiger charge is -2.07. The van der Waals surface area contributed by atoms with Gasteiger partial charge in [0.25, 0.3) is 0 Å². The van der Waals surface area contributed by atoms with Gasteiger partial charge in [0.2, 0.25) is 0 Å². The van der Waals surface area contributed by atoms with Gasteiger partial charge in [0.1, 0.15) is 0 Å². The lowest BCUT2D eigenvalue weighted by Crippen LogP contribution is -2.15. The van der Waals surface area contributed by atoms with Crippen molar-refractivity contribution < 1.29 is 10.2 Å². The largest absolute Gasteiger partial charge is 0.394 e. The molecule has 0 aliphatic carbocycles. The molecule has 0 saturated heterocycles. The molecule has 0 unspecified atom stereocenters. The summed E-state index contributed by atoms with van der Waals surface area (Å²) in [6, 6.07) is 7.76. The van der Waals surface area contributed by atoms with Crippen molar-refractivity contribution >= 4 is 23.4 Å². The molecule has 0 aliphatic rings. The lowest BCUT2D eigenvalue weighted by molar-refractivity contribution is 0.113. The maximum absolute atomic E-state index is 9.11. The molecule has 0 bridgehead atoms. The molecule has 1 aromatic carbocycles. The van der Waals surface area contributed by atoms with E-state index in [0.29, 0.717) is 5.75 Å². The van der Waals surface area contributed by atoms with E-state index in [1.807, 2.05) is 24.3 Å². The number of benzene rings is 1. The van der Waals surface area contributed by atoms with Gasteiger partial charge in [-0.1, -0.05) is 29.8 Å². The Kier molecular flexibility index (Phi) is 6.10. The topological polar surface area (TPSA) is 40.5 Å². The van der Waals surface area contributed by atoms with Gasteiger partial charge >= 0.3 is 0 Å². The van der Waals surface area contributed by atoms with Crippen LogP contribution < -0.4 is 0 Å². The molecule has 0 heterocycles. The van der Waals surface area contributed by atoms with Gasteiger partial charge in [-0.3, -0.25) is 0 Å². The minimum Gasteiger partial charge on any atom is -0.394 e. The van der Waals surface area contributed by atoms with E-state index in [2.05, 4.69) is 0 Å². The van der Waals surface area contributed by atoms with Crippen molar-refractivity contribution in [2.24, 2.45) is 0 Å². The molecule has 2 N–H and O–H groups in total. The summed E-state index contributed by atoms with van der Waals surface area (Å²) in [5.41, 5.74) is 1.13. The van der Waals surface area contributed by atoms with Gasteiger partial charge < -0.3 is 10.2 Å². The molecule has 0 fully saturated rings. The van der Waals surface area contributed by atoms with Gasteiger partial charge in [0.15, 0.2) is 0 Å². The summed E-state index contributed by atoms with van der Waals surface area (Å²) in [6.45, 7) is -0.168. The summed E-state index contributed by atoms with van der Waals surface area (Å²) in [5.74, 6) is 1.47. The smallest absolute Gasteiger partial charge is 0.0861 e. The lowest BCUT2D eigenvalue weighted by atomic mass is 10.2. The third-order valence-electron chi connectivity index (χ3n) is 1.99. The van der Waals surface area contributed by atoms with E-state index < -0.39 is 6.10 Å². The van der Waals surface area contributed by atoms with Crippen molar-refractivity contribution in [1.29, 1.82) is 0 Å². The number of hydrogen-bond acceptors (Lipinski definition) is 3. The highest BCUT2D eigenvalue weighted by atomic mass is 35.5. The fourth-order valence-corrected chi connectivity index (χ4v) is 2.29. The van der Waals surface area contributed by atoms with Gasteiger partial charge in [0.05, 0.1) is 12.7 Å². The van der Waals surface area contributed by atoms with Crippen LogP contribution in [0.5, 0.6) is 0 Å². The number of hydrogen-bond donors (Lipinski definition) is 2. The molecule has 0 aromatic heterocycles. The summed E-state index contributed by atoms with van der Waals surface area (Å²) >= 11 is 7.62. The first kappa shape index (κ1) is 12.8. The highest BCUT2D eigenvalue weighted by Gasteiger charge is 2.02. The summed E-state index contributed by atoms with van der Waals surface area (Å²) < 4.78 is 0. The molecule has 0 amide bonds. The van der Waals surface area contributed by atoms with Crippen LogP contribution in [0.1, 0.15) is 5.56 Å². The summed E-state index contributed by atoms with van der Waals surface area (Å²) in [6.07, 6.45) is 0.281. The van der Waals surface area contributed by atoms with E-state index in [1.165, 1.54) is 0 Å². The zero-order valence-corrected chi connectivity index (χ0v) is 9.97. The molecule has 0 radical (unpaired) electrons. The first-order valence-electron chi connectivity index (χ1n) is 4.84. The van der Waals surface area contributed by atoms with Crippen LogP contribution in [0.3, 0.4) is 0 Å². The first-order chi connectivity index (χ1) is 7.24. The van der Waals surface area contributed by atoms with Crippen LogP contribution in [0.2, 0.25) is 5.02 Å². The van der Waals surface area contributed by atoms with Gasteiger partial charge in [-0.05, 0) is 23.8 Å². The van der Waals surface area contributed by atoms with E-state index in [4.69, 9.17) is 21.8 Å². The van der Waals surface area contributed by atoms with E-state index in [1.54, 1.807) is 11.8 Å². The number of aliphatic hydroxyl groups is 2. The number of halogens is 1. The molecular weight excluding hydrogens is 232 g/mol. The van der Waals surface area contributed by atoms with E-state index in [0.717, 1.165) is 22.8 Å². The Morgan fingerprint density at radius 3 is 2.73 bits per heavy atom. The molecule has 84 valence electrons. The van der Waals surface area contributed by atoms with Crippen LogP contribution in [-0.4, -0.2) is 34.4 Å². The number of aryl methyl sites for hydroxylation is 1. The maximum atomic E-state index is 9.11. The highest BCUT2D eigenvalue weighted by Crippen LogP contribution is 2.17. The quantitative estimate of drug-likeness (QED) is 0.754. The third-order valence-corrected chi connectivity index (χ3v) is 3.48. The average molecular weight is 247 g/mol. The van der Waals surface area contributed by atoms with Crippen LogP contribution in [0.4, 0.5) is 0 Å². The molecule has 0 spiro atoms. The molecular formula is C11H15ClO2S. The molecule has 1 atom stereocenters. The molecule has 15 heavy (non-hydrogen) atoms. The average Bonchev–Trinajstić information content (AvgIpc) is 2.26. The van der Waals surface area contributed by atoms with Crippen LogP contribution >= 0.6 is 23.4 Å². The Balaban J connectivity index is 2.23. The van der Waals surface area contributed by atoms with Crippen molar-refractivity contribution in [1.82, 2.24) is 0 Å². The fourth-order valence-electron chi connectivity index (χ4n) is 1.16. The second kappa shape index (κ2) is 7.12. The van der Waals surface area contributed by atoms with E-state index in [9.17, 15) is 0 Å². The zero-order valence-electron chi connectivity index (χ0n) is 8.40. The SMILES string of the molecule is OC[C@@H](O)CSCCc1ccccc1Cl. The van der Waals surface area contributed by atoms with Gasteiger partial charge in [-0.15, -0.1) is 0 Å². The predicted molar refractivity (Wildman–Crippen MR) is 65.6 cm³/mol. The molecule has 1 rings (SSSR count). The maximum Gasteiger partial charge on any atom is 0.0861 e.